The maximum Gasteiger partial charge on any atom is 0.144 e. The largest absolute Gasteiger partial charge is 0.272 e. The van der Waals surface area contributed by atoms with Crippen molar-refractivity contribution in [3.63, 3.8) is 0 Å². The van der Waals surface area contributed by atoms with Gasteiger partial charge < -0.3 is 0 Å². The minimum atomic E-state index is -2.43. The molecule has 5 heteroatoms. The van der Waals surface area contributed by atoms with Crippen LogP contribution in [0.5, 0.6) is 0 Å². The van der Waals surface area contributed by atoms with E-state index in [1.807, 2.05) is 0 Å². The van der Waals surface area contributed by atoms with Crippen LogP contribution in [-0.2, 0) is 21.7 Å². The van der Waals surface area contributed by atoms with Crippen molar-refractivity contribution in [2.75, 3.05) is 0 Å². The van der Waals surface area contributed by atoms with Crippen molar-refractivity contribution in [1.29, 1.82) is 0 Å². The summed E-state index contributed by atoms with van der Waals surface area (Å²) in [5.74, 6) is 0. The molecular formula is C28H32Cl3SiTi-. The molecule has 0 radical (unpaired) electrons. The van der Waals surface area contributed by atoms with Crippen molar-refractivity contribution in [1.82, 2.24) is 0 Å². The molecule has 0 bridgehead atoms. The van der Waals surface area contributed by atoms with Gasteiger partial charge in [-0.2, -0.15) is 6.08 Å². The van der Waals surface area contributed by atoms with Crippen LogP contribution in [0.3, 0.4) is 0 Å². The molecule has 0 nitrogen and oxygen atoms in total. The van der Waals surface area contributed by atoms with Crippen molar-refractivity contribution in [2.24, 2.45) is 0 Å². The first-order chi connectivity index (χ1) is 14.1. The molecule has 0 saturated heterocycles. The van der Waals surface area contributed by atoms with Crippen molar-refractivity contribution in [2.45, 2.75) is 40.5 Å². The van der Waals surface area contributed by atoms with E-state index in [9.17, 15) is 0 Å². The van der Waals surface area contributed by atoms with Crippen LogP contribution in [0.25, 0.3) is 0 Å². The first-order valence-corrected chi connectivity index (χ1v) is 12.6. The van der Waals surface area contributed by atoms with Gasteiger partial charge in [-0.15, -0.1) is 43.6 Å². The van der Waals surface area contributed by atoms with Gasteiger partial charge in [-0.05, 0) is 36.3 Å². The van der Waals surface area contributed by atoms with E-state index in [2.05, 4.69) is 113 Å². The molecule has 0 fully saturated rings. The Labute approximate surface area is 234 Å². The summed E-state index contributed by atoms with van der Waals surface area (Å²) >= 11 is 0. The number of hydrogen-bond donors (Lipinski definition) is 0. The van der Waals surface area contributed by atoms with Crippen molar-refractivity contribution in [3.8, 4) is 0 Å². The summed E-state index contributed by atoms with van der Waals surface area (Å²) in [6.45, 7) is 8.90. The molecule has 1 aliphatic rings. The predicted octanol–water partition coefficient (Wildman–Crippen LogP) is 6.35. The summed E-state index contributed by atoms with van der Waals surface area (Å²) < 4.78 is 0. The molecule has 0 amide bonds. The molecule has 33 heavy (non-hydrogen) atoms. The van der Waals surface area contributed by atoms with Gasteiger partial charge >= 0.3 is 0 Å². The van der Waals surface area contributed by atoms with E-state index < -0.39 is 8.07 Å². The molecule has 4 rings (SSSR count). The normalized spacial score (nSPS) is 12.2. The summed E-state index contributed by atoms with van der Waals surface area (Å²) in [6.07, 6.45) is 8.21. The van der Waals surface area contributed by atoms with E-state index in [-0.39, 0.29) is 58.9 Å². The standard InChI is InChI=1S/C28H29Si.3ClH.Ti/c1-5-24-13-9-17-28(24)29(25-14-6-10-21(2)18-25,26-15-7-11-22(3)19-26)27-16-8-12-23(4)20-27;;;;/h6-8,10-16,18-20H,5,9H2,1-4H3;3*1H;/q-1;;;;. The average molecular weight is 551 g/mol. The van der Waals surface area contributed by atoms with E-state index in [1.165, 1.54) is 43.0 Å². The van der Waals surface area contributed by atoms with Crippen LogP contribution in [0, 0.1) is 26.8 Å². The number of halogens is 3. The molecule has 1 aliphatic carbocycles. The Morgan fingerprint density at radius 3 is 1.42 bits per heavy atom. The summed E-state index contributed by atoms with van der Waals surface area (Å²) in [6, 6.07) is 27.6. The minimum Gasteiger partial charge on any atom is -0.272 e. The fourth-order valence-corrected chi connectivity index (χ4v) is 10.1. The maximum atomic E-state index is 3.84. The molecule has 0 saturated carbocycles. The summed E-state index contributed by atoms with van der Waals surface area (Å²) in [7, 11) is -2.43. The second-order valence-corrected chi connectivity index (χ2v) is 11.9. The Morgan fingerprint density at radius 1 is 0.697 bits per heavy atom. The van der Waals surface area contributed by atoms with Gasteiger partial charge in [0.25, 0.3) is 0 Å². The van der Waals surface area contributed by atoms with Crippen LogP contribution < -0.4 is 15.6 Å². The van der Waals surface area contributed by atoms with Gasteiger partial charge in [0.2, 0.25) is 0 Å². The molecule has 0 aliphatic heterocycles. The van der Waals surface area contributed by atoms with E-state index in [1.54, 1.807) is 0 Å². The Morgan fingerprint density at radius 2 is 1.09 bits per heavy atom. The zero-order chi connectivity index (χ0) is 20.4. The quantitative estimate of drug-likeness (QED) is 0.197. The number of benzene rings is 3. The molecule has 0 N–H and O–H groups in total. The third kappa shape index (κ3) is 6.15. The second-order valence-electron chi connectivity index (χ2n) is 8.20. The van der Waals surface area contributed by atoms with Crippen molar-refractivity contribution >= 4 is 60.9 Å². The third-order valence-electron chi connectivity index (χ3n) is 6.06. The van der Waals surface area contributed by atoms with E-state index in [4.69, 9.17) is 0 Å². The van der Waals surface area contributed by atoms with Crippen LogP contribution in [0.2, 0.25) is 0 Å². The number of allylic oxidation sites excluding steroid dienone is 4. The molecule has 0 heterocycles. The SMILES string of the molecule is CCC1=CC[C-]=C1[Si](c1cccc(C)c1)(c1cccc(C)c1)c1cccc(C)c1.Cl.Cl.Cl.[Ti]. The molecule has 3 aromatic rings. The fraction of sp³-hybridized carbons (Fsp3) is 0.214. The zero-order valence-electron chi connectivity index (χ0n) is 19.6. The minimum absolute atomic E-state index is 0. The Hall–Kier alpha value is -1.06. The van der Waals surface area contributed by atoms with Gasteiger partial charge in [-0.1, -0.05) is 103 Å². The summed E-state index contributed by atoms with van der Waals surface area (Å²) in [5, 5.41) is 5.83. The van der Waals surface area contributed by atoms with Crippen LogP contribution in [0.4, 0.5) is 0 Å². The van der Waals surface area contributed by atoms with Gasteiger partial charge in [0, 0.05) is 21.7 Å². The van der Waals surface area contributed by atoms with Gasteiger partial charge in [-0.3, -0.25) is 6.08 Å². The van der Waals surface area contributed by atoms with Gasteiger partial charge in [0.1, 0.15) is 8.07 Å². The van der Waals surface area contributed by atoms with Gasteiger partial charge in [-0.25, -0.2) is 10.8 Å². The van der Waals surface area contributed by atoms with Gasteiger partial charge in [0.15, 0.2) is 0 Å². The predicted molar refractivity (Wildman–Crippen MR) is 150 cm³/mol. The van der Waals surface area contributed by atoms with Crippen molar-refractivity contribution in [3.05, 3.63) is 112 Å². The first kappa shape index (κ1) is 31.9. The van der Waals surface area contributed by atoms with Crippen LogP contribution in [0.1, 0.15) is 36.5 Å². The van der Waals surface area contributed by atoms with Crippen LogP contribution in [0.15, 0.2) is 89.6 Å². The monoisotopic (exact) mass is 549 g/mol. The van der Waals surface area contributed by atoms with Crippen LogP contribution in [-0.4, -0.2) is 8.07 Å². The number of rotatable bonds is 5. The summed E-state index contributed by atoms with van der Waals surface area (Å²) in [5.41, 5.74) is 5.43. The fourth-order valence-electron chi connectivity index (χ4n) is 4.75. The smallest absolute Gasteiger partial charge is 0.144 e. The molecule has 3 aromatic carbocycles. The number of aryl methyl sites for hydroxylation is 3. The molecule has 0 unspecified atom stereocenters. The molecule has 0 spiro atoms. The summed E-state index contributed by atoms with van der Waals surface area (Å²) in [4.78, 5) is 0. The van der Waals surface area contributed by atoms with Crippen molar-refractivity contribution < 1.29 is 21.7 Å². The Balaban J connectivity index is 0.00000256. The molecule has 0 aromatic heterocycles. The first-order valence-electron chi connectivity index (χ1n) is 10.6. The topological polar surface area (TPSA) is 0 Å². The van der Waals surface area contributed by atoms with E-state index >= 15 is 0 Å². The Bertz CT molecular complexity index is 1010. The molecule has 0 atom stereocenters. The number of hydrogen-bond acceptors (Lipinski definition) is 0. The van der Waals surface area contributed by atoms with Gasteiger partial charge in [0.05, 0.1) is 0 Å². The average Bonchev–Trinajstić information content (AvgIpc) is 3.18. The zero-order valence-corrected chi connectivity index (χ0v) is 24.7. The van der Waals surface area contributed by atoms with E-state index in [0.717, 1.165) is 12.8 Å². The Kier molecular flexibility index (Phi) is 13.3. The second kappa shape index (κ2) is 13.7. The maximum absolute atomic E-state index is 3.84. The molecule has 174 valence electrons. The van der Waals surface area contributed by atoms with E-state index in [0.29, 0.717) is 0 Å². The van der Waals surface area contributed by atoms with Crippen LogP contribution >= 0.6 is 37.2 Å². The third-order valence-corrected chi connectivity index (χ3v) is 10.8. The molecular weight excluding hydrogens is 519 g/mol.